The molecule has 3 aromatic rings. The first-order valence-corrected chi connectivity index (χ1v) is 10.2. The van der Waals surface area contributed by atoms with E-state index in [0.29, 0.717) is 23.8 Å². The fourth-order valence-corrected chi connectivity index (χ4v) is 3.84. The highest BCUT2D eigenvalue weighted by atomic mass is 16.5. The van der Waals surface area contributed by atoms with Gasteiger partial charge in [-0.05, 0) is 28.8 Å². The Morgan fingerprint density at radius 1 is 0.806 bits per heavy atom. The van der Waals surface area contributed by atoms with Crippen LogP contribution >= 0.6 is 0 Å². The number of aliphatic imine (C=N–C) groups is 1. The second-order valence-electron chi connectivity index (χ2n) is 7.25. The fraction of sp³-hybridized carbons (Fsp3) is 0.240. The average Bonchev–Trinajstić information content (AvgIpc) is 3.27. The van der Waals surface area contributed by atoms with Crippen molar-refractivity contribution >= 4 is 5.96 Å². The van der Waals surface area contributed by atoms with Crippen molar-refractivity contribution in [3.8, 4) is 17.2 Å². The Bertz CT molecular complexity index is 1010. The van der Waals surface area contributed by atoms with Crippen LogP contribution in [0.3, 0.4) is 0 Å². The number of hydrogen-bond donors (Lipinski definition) is 2. The molecule has 0 fully saturated rings. The largest absolute Gasteiger partial charge is 0.493 e. The molecule has 2 N–H and O–H groups in total. The summed E-state index contributed by atoms with van der Waals surface area (Å²) in [7, 11) is 4.83. The fourth-order valence-electron chi connectivity index (χ4n) is 3.84. The molecule has 1 heterocycles. The second kappa shape index (κ2) is 9.43. The number of rotatable bonds is 7. The molecular formula is C25H27N3O3. The van der Waals surface area contributed by atoms with E-state index < -0.39 is 0 Å². The van der Waals surface area contributed by atoms with Gasteiger partial charge in [0.2, 0.25) is 5.75 Å². The van der Waals surface area contributed by atoms with E-state index in [0.717, 1.165) is 11.5 Å². The third kappa shape index (κ3) is 4.43. The van der Waals surface area contributed by atoms with Gasteiger partial charge in [0.05, 0.1) is 27.4 Å². The first-order chi connectivity index (χ1) is 15.2. The van der Waals surface area contributed by atoms with E-state index in [9.17, 15) is 0 Å². The maximum absolute atomic E-state index is 5.46. The Labute approximate surface area is 182 Å². The van der Waals surface area contributed by atoms with Crippen LogP contribution in [0.2, 0.25) is 0 Å². The van der Waals surface area contributed by atoms with Crippen LogP contribution in [-0.4, -0.2) is 27.3 Å². The van der Waals surface area contributed by atoms with Crippen molar-refractivity contribution in [1.82, 2.24) is 10.6 Å². The van der Waals surface area contributed by atoms with Crippen LogP contribution in [0.1, 0.15) is 28.8 Å². The van der Waals surface area contributed by atoms with E-state index >= 15 is 0 Å². The van der Waals surface area contributed by atoms with Crippen LogP contribution in [0, 0.1) is 0 Å². The molecule has 6 heteroatoms. The van der Waals surface area contributed by atoms with Crippen LogP contribution in [0.5, 0.6) is 17.2 Å². The maximum Gasteiger partial charge on any atom is 0.203 e. The van der Waals surface area contributed by atoms with Crippen LogP contribution in [0.25, 0.3) is 0 Å². The summed E-state index contributed by atoms with van der Waals surface area (Å²) in [5, 5.41) is 6.98. The predicted molar refractivity (Wildman–Crippen MR) is 122 cm³/mol. The van der Waals surface area contributed by atoms with Crippen molar-refractivity contribution in [2.45, 2.75) is 18.6 Å². The van der Waals surface area contributed by atoms with Crippen LogP contribution < -0.4 is 24.8 Å². The van der Waals surface area contributed by atoms with E-state index in [-0.39, 0.29) is 12.1 Å². The van der Waals surface area contributed by atoms with Crippen molar-refractivity contribution < 1.29 is 14.2 Å². The zero-order valence-electron chi connectivity index (χ0n) is 18.0. The van der Waals surface area contributed by atoms with Crippen molar-refractivity contribution in [3.63, 3.8) is 0 Å². The van der Waals surface area contributed by atoms with E-state index in [1.165, 1.54) is 11.1 Å². The lowest BCUT2D eigenvalue weighted by atomic mass is 9.95. The number of hydrogen-bond acceptors (Lipinski definition) is 6. The van der Waals surface area contributed by atoms with E-state index in [4.69, 9.17) is 19.2 Å². The Morgan fingerprint density at radius 2 is 1.39 bits per heavy atom. The molecule has 2 atom stereocenters. The highest BCUT2D eigenvalue weighted by Gasteiger charge is 2.31. The van der Waals surface area contributed by atoms with Gasteiger partial charge >= 0.3 is 0 Å². The van der Waals surface area contributed by atoms with Crippen LogP contribution in [0.15, 0.2) is 77.8 Å². The highest BCUT2D eigenvalue weighted by molar-refractivity contribution is 5.82. The van der Waals surface area contributed by atoms with Crippen molar-refractivity contribution in [1.29, 1.82) is 0 Å². The Kier molecular flexibility index (Phi) is 6.26. The molecule has 1 aliphatic rings. The van der Waals surface area contributed by atoms with Crippen molar-refractivity contribution in [3.05, 3.63) is 89.5 Å². The summed E-state index contributed by atoms with van der Waals surface area (Å²) in [5.74, 6) is 2.60. The monoisotopic (exact) mass is 417 g/mol. The lowest BCUT2D eigenvalue weighted by Crippen LogP contribution is -2.35. The minimum absolute atomic E-state index is 0.00830. The van der Waals surface area contributed by atoms with Gasteiger partial charge in [-0.3, -0.25) is 0 Å². The summed E-state index contributed by atoms with van der Waals surface area (Å²) in [6.45, 7) is 0.561. The third-order valence-corrected chi connectivity index (χ3v) is 5.36. The average molecular weight is 418 g/mol. The molecule has 0 spiro atoms. The van der Waals surface area contributed by atoms with Gasteiger partial charge in [-0.1, -0.05) is 60.7 Å². The highest BCUT2D eigenvalue weighted by Crippen LogP contribution is 2.38. The Morgan fingerprint density at radius 3 is 1.94 bits per heavy atom. The zero-order chi connectivity index (χ0) is 21.6. The molecular weight excluding hydrogens is 390 g/mol. The number of methoxy groups -OCH3 is 3. The van der Waals surface area contributed by atoms with E-state index in [2.05, 4.69) is 47.0 Å². The SMILES string of the molecule is COc1cc(CNC2=N[C@H](c3ccccc3)[C@@H](c3ccccc3)N2)cc(OC)c1OC. The summed E-state index contributed by atoms with van der Waals surface area (Å²) >= 11 is 0. The van der Waals surface area contributed by atoms with Gasteiger partial charge in [-0.15, -0.1) is 0 Å². The lowest BCUT2D eigenvalue weighted by molar-refractivity contribution is 0.323. The Hall–Kier alpha value is -3.67. The summed E-state index contributed by atoms with van der Waals surface area (Å²) in [6, 6.07) is 24.7. The molecule has 31 heavy (non-hydrogen) atoms. The molecule has 0 aliphatic carbocycles. The molecule has 1 aliphatic heterocycles. The smallest absolute Gasteiger partial charge is 0.203 e. The third-order valence-electron chi connectivity index (χ3n) is 5.36. The van der Waals surface area contributed by atoms with Crippen molar-refractivity contribution in [2.24, 2.45) is 4.99 Å². The standard InChI is InChI=1S/C25H27N3O3/c1-29-20-14-17(15-21(30-2)24(20)31-3)16-26-25-27-22(18-10-6-4-7-11-18)23(28-25)19-12-8-5-9-13-19/h4-15,22-23H,16H2,1-3H3,(H2,26,27,28)/t22-,23-/m1/s1. The van der Waals surface area contributed by atoms with Gasteiger partial charge < -0.3 is 24.8 Å². The summed E-state index contributed by atoms with van der Waals surface area (Å²) in [5.41, 5.74) is 3.37. The summed E-state index contributed by atoms with van der Waals surface area (Å²) < 4.78 is 16.3. The molecule has 160 valence electrons. The molecule has 3 aromatic carbocycles. The summed E-state index contributed by atoms with van der Waals surface area (Å²) in [6.07, 6.45) is 0. The predicted octanol–water partition coefficient (Wildman–Crippen LogP) is 4.24. The van der Waals surface area contributed by atoms with E-state index in [1.807, 2.05) is 36.4 Å². The molecule has 0 radical (unpaired) electrons. The molecule has 0 unspecified atom stereocenters. The number of benzene rings is 3. The number of nitrogens with zero attached hydrogens (tertiary/aromatic N) is 1. The van der Waals surface area contributed by atoms with Gasteiger partial charge in [0.25, 0.3) is 0 Å². The zero-order valence-corrected chi connectivity index (χ0v) is 18.0. The maximum atomic E-state index is 5.46. The molecule has 0 saturated heterocycles. The molecule has 0 bridgehead atoms. The minimum atomic E-state index is -0.00830. The van der Waals surface area contributed by atoms with Gasteiger partial charge in [-0.2, -0.15) is 0 Å². The Balaban J connectivity index is 1.56. The van der Waals surface area contributed by atoms with Gasteiger partial charge in [-0.25, -0.2) is 4.99 Å². The van der Waals surface area contributed by atoms with Crippen molar-refractivity contribution in [2.75, 3.05) is 21.3 Å². The van der Waals surface area contributed by atoms with Crippen LogP contribution in [0.4, 0.5) is 0 Å². The first-order valence-electron chi connectivity index (χ1n) is 10.2. The molecule has 0 amide bonds. The number of nitrogens with one attached hydrogen (secondary N) is 2. The molecule has 6 nitrogen and oxygen atoms in total. The van der Waals surface area contributed by atoms with Gasteiger partial charge in [0.1, 0.15) is 6.04 Å². The van der Waals surface area contributed by atoms with Gasteiger partial charge in [0, 0.05) is 6.54 Å². The minimum Gasteiger partial charge on any atom is -0.493 e. The normalized spacial score (nSPS) is 17.5. The van der Waals surface area contributed by atoms with Crippen LogP contribution in [-0.2, 0) is 6.54 Å². The second-order valence-corrected chi connectivity index (χ2v) is 7.25. The molecule has 0 aromatic heterocycles. The number of guanidine groups is 1. The molecule has 0 saturated carbocycles. The first kappa shape index (κ1) is 20.6. The summed E-state index contributed by atoms with van der Waals surface area (Å²) in [4.78, 5) is 4.96. The van der Waals surface area contributed by atoms with E-state index in [1.54, 1.807) is 21.3 Å². The quantitative estimate of drug-likeness (QED) is 0.602. The topological polar surface area (TPSA) is 64.1 Å². The van der Waals surface area contributed by atoms with Gasteiger partial charge in [0.15, 0.2) is 17.5 Å². The lowest BCUT2D eigenvalue weighted by Gasteiger charge is -2.19. The number of ether oxygens (including phenoxy) is 3. The molecule has 4 rings (SSSR count).